The number of rotatable bonds is 0. The predicted octanol–water partition coefficient (Wildman–Crippen LogP) is 2.88. The van der Waals surface area contributed by atoms with Gasteiger partial charge in [-0.2, -0.15) is 0 Å². The second-order valence-corrected chi connectivity index (χ2v) is 5.25. The van der Waals surface area contributed by atoms with Crippen molar-refractivity contribution in [3.63, 3.8) is 0 Å². The number of phenols is 1. The summed E-state index contributed by atoms with van der Waals surface area (Å²) in [5, 5.41) is 9.49. The van der Waals surface area contributed by atoms with Crippen LogP contribution in [0, 0.1) is 0 Å². The number of halogens is 1. The van der Waals surface area contributed by atoms with E-state index in [1.54, 1.807) is 24.4 Å². The third kappa shape index (κ3) is 1.82. The van der Waals surface area contributed by atoms with Crippen molar-refractivity contribution < 1.29 is 9.90 Å². The molecule has 0 unspecified atom stereocenters. The number of hydrogen-bond donors (Lipinski definition) is 1. The molecule has 1 heterocycles. The lowest BCUT2D eigenvalue weighted by atomic mass is 10.0. The van der Waals surface area contributed by atoms with Crippen molar-refractivity contribution >= 4 is 21.7 Å². The molecule has 0 atom stereocenters. The summed E-state index contributed by atoms with van der Waals surface area (Å²) in [5.41, 5.74) is 2.99. The van der Waals surface area contributed by atoms with Crippen molar-refractivity contribution in [1.82, 2.24) is 4.98 Å². The Hall–Kier alpha value is -1.68. The monoisotopic (exact) mass is 303 g/mol. The Balaban J connectivity index is 2.18. The number of carbonyl (C=O) groups is 1. The van der Waals surface area contributed by atoms with Crippen molar-refractivity contribution in [3.8, 4) is 5.75 Å². The van der Waals surface area contributed by atoms with Crippen LogP contribution < -0.4 is 0 Å². The topological polar surface area (TPSA) is 50.2 Å². The van der Waals surface area contributed by atoms with Crippen LogP contribution >= 0.6 is 15.9 Å². The summed E-state index contributed by atoms with van der Waals surface area (Å²) in [5.74, 6) is 0.131. The molecule has 0 fully saturated rings. The van der Waals surface area contributed by atoms with Crippen LogP contribution in [0.3, 0.4) is 0 Å². The molecule has 4 heteroatoms. The highest BCUT2D eigenvalue weighted by atomic mass is 79.9. The molecule has 90 valence electrons. The molecule has 0 saturated heterocycles. The molecule has 1 aliphatic rings. The van der Waals surface area contributed by atoms with Crippen molar-refractivity contribution in [2.75, 3.05) is 0 Å². The fourth-order valence-corrected chi connectivity index (χ4v) is 2.66. The van der Waals surface area contributed by atoms with E-state index >= 15 is 0 Å². The van der Waals surface area contributed by atoms with Gasteiger partial charge < -0.3 is 5.11 Å². The highest BCUT2D eigenvalue weighted by Gasteiger charge is 2.22. The minimum atomic E-state index is -0.0648. The molecule has 3 nitrogen and oxygen atoms in total. The van der Waals surface area contributed by atoms with Gasteiger partial charge in [0.1, 0.15) is 11.4 Å². The lowest BCUT2D eigenvalue weighted by Gasteiger charge is -2.04. The zero-order chi connectivity index (χ0) is 12.7. The Morgan fingerprint density at radius 1 is 1.17 bits per heavy atom. The molecule has 2 aromatic rings. The number of carbonyl (C=O) groups excluding carboxylic acids is 1. The van der Waals surface area contributed by atoms with Crippen LogP contribution in [0.1, 0.15) is 27.2 Å². The number of pyridine rings is 1. The number of aromatic hydroxyl groups is 1. The van der Waals surface area contributed by atoms with Gasteiger partial charge in [-0.1, -0.05) is 0 Å². The van der Waals surface area contributed by atoms with Gasteiger partial charge in [-0.3, -0.25) is 9.78 Å². The molecule has 1 N–H and O–H groups in total. The molecular weight excluding hydrogens is 294 g/mol. The lowest BCUT2D eigenvalue weighted by Crippen LogP contribution is -2.06. The first-order chi connectivity index (χ1) is 8.65. The maximum Gasteiger partial charge on any atom is 0.211 e. The molecule has 0 bridgehead atoms. The summed E-state index contributed by atoms with van der Waals surface area (Å²) < 4.78 is 0.878. The summed E-state index contributed by atoms with van der Waals surface area (Å²) in [4.78, 5) is 16.6. The van der Waals surface area contributed by atoms with Crippen molar-refractivity contribution in [2.45, 2.75) is 12.8 Å². The normalized spacial score (nSPS) is 13.7. The van der Waals surface area contributed by atoms with Gasteiger partial charge in [0, 0.05) is 16.2 Å². The fraction of sp³-hybridized carbons (Fsp3) is 0.143. The zero-order valence-electron chi connectivity index (χ0n) is 9.48. The van der Waals surface area contributed by atoms with Crippen LogP contribution in [0.15, 0.2) is 34.9 Å². The highest BCUT2D eigenvalue weighted by molar-refractivity contribution is 9.10. The molecular formula is C14H10BrNO2. The van der Waals surface area contributed by atoms with Gasteiger partial charge in [-0.05, 0) is 64.2 Å². The minimum absolute atomic E-state index is 0.0648. The van der Waals surface area contributed by atoms with E-state index < -0.39 is 0 Å². The summed E-state index contributed by atoms with van der Waals surface area (Å²) in [7, 11) is 0. The van der Waals surface area contributed by atoms with Crippen molar-refractivity contribution in [1.29, 1.82) is 0 Å². The largest absolute Gasteiger partial charge is 0.508 e. The summed E-state index contributed by atoms with van der Waals surface area (Å²) in [6.45, 7) is 0. The quantitative estimate of drug-likeness (QED) is 0.814. The van der Waals surface area contributed by atoms with E-state index in [-0.39, 0.29) is 11.5 Å². The summed E-state index contributed by atoms with van der Waals surface area (Å²) in [6.07, 6.45) is 3.13. The van der Waals surface area contributed by atoms with Gasteiger partial charge >= 0.3 is 0 Å². The summed E-state index contributed by atoms with van der Waals surface area (Å²) >= 11 is 3.37. The standard InChI is InChI=1S/C14H10BrNO2/c15-10-5-9-2-1-8-6-11(17)3-4-12(8)14(18)13(9)16-7-10/h3-7,17H,1-2H2. The van der Waals surface area contributed by atoms with Gasteiger partial charge in [0.05, 0.1) is 0 Å². The van der Waals surface area contributed by atoms with E-state index in [1.807, 2.05) is 6.07 Å². The number of benzene rings is 1. The van der Waals surface area contributed by atoms with Crippen LogP contribution in [0.25, 0.3) is 0 Å². The Bertz CT molecular complexity index is 597. The van der Waals surface area contributed by atoms with Gasteiger partial charge in [-0.15, -0.1) is 0 Å². The van der Waals surface area contributed by atoms with E-state index in [0.717, 1.165) is 28.4 Å². The number of hydrogen-bond acceptors (Lipinski definition) is 3. The van der Waals surface area contributed by atoms with E-state index in [4.69, 9.17) is 0 Å². The van der Waals surface area contributed by atoms with E-state index in [1.165, 1.54) is 0 Å². The molecule has 1 aliphatic carbocycles. The Morgan fingerprint density at radius 2 is 1.94 bits per heavy atom. The van der Waals surface area contributed by atoms with Gasteiger partial charge in [0.25, 0.3) is 0 Å². The smallest absolute Gasteiger partial charge is 0.211 e. The number of nitrogens with zero attached hydrogens (tertiary/aromatic N) is 1. The van der Waals surface area contributed by atoms with Crippen molar-refractivity contribution in [2.24, 2.45) is 0 Å². The number of aryl methyl sites for hydroxylation is 2. The Kier molecular flexibility index (Phi) is 2.67. The first kappa shape index (κ1) is 11.4. The van der Waals surface area contributed by atoms with Crippen LogP contribution in [-0.4, -0.2) is 15.9 Å². The molecule has 18 heavy (non-hydrogen) atoms. The molecule has 0 aliphatic heterocycles. The molecule has 0 spiro atoms. The van der Waals surface area contributed by atoms with Crippen LogP contribution in [0.4, 0.5) is 0 Å². The Morgan fingerprint density at radius 3 is 2.78 bits per heavy atom. The van der Waals surface area contributed by atoms with Gasteiger partial charge in [0.2, 0.25) is 5.78 Å². The van der Waals surface area contributed by atoms with Crippen molar-refractivity contribution in [3.05, 3.63) is 57.3 Å². The molecule has 1 aromatic heterocycles. The fourth-order valence-electron chi connectivity index (χ4n) is 2.28. The predicted molar refractivity (Wildman–Crippen MR) is 70.9 cm³/mol. The SMILES string of the molecule is O=C1c2ccc(O)cc2CCc2cc(Br)cnc21. The van der Waals surface area contributed by atoms with Gasteiger partial charge in [0.15, 0.2) is 0 Å². The Labute approximate surface area is 113 Å². The van der Waals surface area contributed by atoms with Crippen LogP contribution in [0.2, 0.25) is 0 Å². The van der Waals surface area contributed by atoms with Crippen LogP contribution in [-0.2, 0) is 12.8 Å². The molecule has 0 saturated carbocycles. The second kappa shape index (κ2) is 4.21. The number of fused-ring (bicyclic) bond motifs is 2. The number of phenolic OH excluding ortho intramolecular Hbond substituents is 1. The van der Waals surface area contributed by atoms with Gasteiger partial charge in [-0.25, -0.2) is 0 Å². The maximum atomic E-state index is 12.4. The summed E-state index contributed by atoms with van der Waals surface area (Å²) in [6, 6.07) is 6.81. The first-order valence-electron chi connectivity index (χ1n) is 5.66. The minimum Gasteiger partial charge on any atom is -0.508 e. The zero-order valence-corrected chi connectivity index (χ0v) is 11.1. The average molecular weight is 304 g/mol. The molecule has 0 radical (unpaired) electrons. The highest BCUT2D eigenvalue weighted by Crippen LogP contribution is 2.27. The van der Waals surface area contributed by atoms with E-state index in [2.05, 4.69) is 20.9 Å². The van der Waals surface area contributed by atoms with E-state index in [0.29, 0.717) is 11.3 Å². The lowest BCUT2D eigenvalue weighted by molar-refractivity contribution is 0.103. The molecule has 0 amide bonds. The third-order valence-electron chi connectivity index (χ3n) is 3.15. The first-order valence-corrected chi connectivity index (χ1v) is 6.45. The average Bonchev–Trinajstić information content (AvgIpc) is 2.47. The molecule has 1 aromatic carbocycles. The third-order valence-corrected chi connectivity index (χ3v) is 3.58. The number of aromatic nitrogens is 1. The number of ketones is 1. The maximum absolute atomic E-state index is 12.4. The van der Waals surface area contributed by atoms with Crippen LogP contribution in [0.5, 0.6) is 5.75 Å². The van der Waals surface area contributed by atoms with E-state index in [9.17, 15) is 9.90 Å². The molecule has 3 rings (SSSR count). The second-order valence-electron chi connectivity index (χ2n) is 4.33.